The molecule has 306 valence electrons. The molecule has 13 rings (SSSR count). The van der Waals surface area contributed by atoms with Crippen LogP contribution in [0.2, 0.25) is 0 Å². The summed E-state index contributed by atoms with van der Waals surface area (Å²) in [5, 5.41) is 7.03. The van der Waals surface area contributed by atoms with Crippen molar-refractivity contribution in [2.24, 2.45) is 4.99 Å². The molecule has 0 spiro atoms. The fraction of sp³-hybridized carbons (Fsp3) is 0.0167. The molecule has 65 heavy (non-hydrogen) atoms. The molecule has 0 saturated carbocycles. The monoisotopic (exact) mass is 831 g/mol. The molecule has 0 amide bonds. The quantitative estimate of drug-likeness (QED) is 0.174. The minimum atomic E-state index is -0.240. The van der Waals surface area contributed by atoms with Crippen LogP contribution in [0.15, 0.2) is 242 Å². The third kappa shape index (κ3) is 6.24. The van der Waals surface area contributed by atoms with Gasteiger partial charge in [-0.2, -0.15) is 0 Å². The average Bonchev–Trinajstić information content (AvgIpc) is 4.07. The first kappa shape index (κ1) is 37.1. The van der Waals surface area contributed by atoms with Crippen molar-refractivity contribution in [3.05, 3.63) is 248 Å². The first-order valence-electron chi connectivity index (χ1n) is 22.2. The van der Waals surface area contributed by atoms with Crippen LogP contribution < -0.4 is 5.43 Å². The molecule has 11 aromatic rings. The van der Waals surface area contributed by atoms with Crippen LogP contribution >= 0.6 is 0 Å². The summed E-state index contributed by atoms with van der Waals surface area (Å²) in [5.74, 6) is 0.908. The standard InChI is InChI=1S/C60H41N5/c1-4-15-40(16-5-1)45-35-46(41-17-6-2-7-18-41)37-47(36-45)50-23-14-34-63-60(50)61-59(62-63)42-26-30-49(31-27-42)65-56-25-13-11-22-52(56)54-39-44(29-33-58(54)65)43-28-32-57-53(38-43)51-21-10-12-24-55(51)64(57)48-19-8-3-9-20-48/h1-39,59,62H. The number of aromatic nitrogens is 2. The van der Waals surface area contributed by atoms with Gasteiger partial charge in [0, 0.05) is 44.7 Å². The summed E-state index contributed by atoms with van der Waals surface area (Å²) in [6.07, 6.45) is 6.10. The Labute approximate surface area is 376 Å². The smallest absolute Gasteiger partial charge is 0.152 e. The van der Waals surface area contributed by atoms with E-state index in [-0.39, 0.29) is 6.17 Å². The van der Waals surface area contributed by atoms with Gasteiger partial charge in [0.1, 0.15) is 6.17 Å². The van der Waals surface area contributed by atoms with Gasteiger partial charge in [-0.15, -0.1) is 0 Å². The number of aliphatic imine (C=N–C) groups is 1. The Morgan fingerprint density at radius 1 is 0.369 bits per heavy atom. The van der Waals surface area contributed by atoms with Crippen molar-refractivity contribution in [2.45, 2.75) is 6.17 Å². The summed E-state index contributed by atoms with van der Waals surface area (Å²) in [6, 6.07) is 78.9. The second-order valence-electron chi connectivity index (χ2n) is 16.9. The highest BCUT2D eigenvalue weighted by Gasteiger charge is 2.29. The summed E-state index contributed by atoms with van der Waals surface area (Å²) < 4.78 is 4.76. The predicted octanol–water partition coefficient (Wildman–Crippen LogP) is 14.7. The highest BCUT2D eigenvalue weighted by molar-refractivity contribution is 6.24. The molecule has 0 aliphatic carbocycles. The van der Waals surface area contributed by atoms with E-state index in [2.05, 4.69) is 256 Å². The summed E-state index contributed by atoms with van der Waals surface area (Å²) >= 11 is 0. The molecule has 1 N–H and O–H groups in total. The van der Waals surface area contributed by atoms with E-state index in [0.717, 1.165) is 28.2 Å². The number of nitrogens with zero attached hydrogens (tertiary/aromatic N) is 4. The fourth-order valence-electron chi connectivity index (χ4n) is 10.0. The predicted molar refractivity (Wildman–Crippen MR) is 270 cm³/mol. The van der Waals surface area contributed by atoms with Gasteiger partial charge in [-0.3, -0.25) is 5.01 Å². The Morgan fingerprint density at radius 2 is 0.846 bits per heavy atom. The van der Waals surface area contributed by atoms with E-state index in [4.69, 9.17) is 4.99 Å². The van der Waals surface area contributed by atoms with Gasteiger partial charge in [-0.1, -0.05) is 140 Å². The highest BCUT2D eigenvalue weighted by Crippen LogP contribution is 2.40. The van der Waals surface area contributed by atoms with E-state index in [1.165, 1.54) is 82.7 Å². The van der Waals surface area contributed by atoms with E-state index in [1.807, 2.05) is 0 Å². The molecule has 0 radical (unpaired) electrons. The molecule has 2 aliphatic rings. The summed E-state index contributed by atoms with van der Waals surface area (Å²) in [4.78, 5) is 5.33. The maximum absolute atomic E-state index is 5.33. The normalized spacial score (nSPS) is 14.6. The number of hydrogen-bond acceptors (Lipinski definition) is 3. The Morgan fingerprint density at radius 3 is 1.42 bits per heavy atom. The zero-order valence-corrected chi connectivity index (χ0v) is 35.4. The van der Waals surface area contributed by atoms with E-state index in [1.54, 1.807) is 0 Å². The fourth-order valence-corrected chi connectivity index (χ4v) is 10.0. The zero-order chi connectivity index (χ0) is 42.8. The third-order valence-electron chi connectivity index (χ3n) is 13.1. The van der Waals surface area contributed by atoms with Gasteiger partial charge in [0.2, 0.25) is 0 Å². The number of hydrogen-bond donors (Lipinski definition) is 1. The lowest BCUT2D eigenvalue weighted by Gasteiger charge is -2.22. The van der Waals surface area contributed by atoms with E-state index < -0.39 is 0 Å². The highest BCUT2D eigenvalue weighted by atomic mass is 15.6. The first-order valence-corrected chi connectivity index (χ1v) is 22.2. The molecule has 2 aromatic heterocycles. The van der Waals surface area contributed by atoms with Crippen LogP contribution in [0.4, 0.5) is 0 Å². The van der Waals surface area contributed by atoms with Gasteiger partial charge in [-0.05, 0) is 136 Å². The minimum absolute atomic E-state index is 0.240. The zero-order valence-electron chi connectivity index (χ0n) is 35.4. The van der Waals surface area contributed by atoms with Crippen molar-refractivity contribution in [3.8, 4) is 44.8 Å². The van der Waals surface area contributed by atoms with Gasteiger partial charge >= 0.3 is 0 Å². The van der Waals surface area contributed by atoms with Crippen LogP contribution in [0.3, 0.4) is 0 Å². The lowest BCUT2D eigenvalue weighted by molar-refractivity contribution is 0.387. The molecule has 9 aromatic carbocycles. The molecule has 1 atom stereocenters. The van der Waals surface area contributed by atoms with E-state index in [9.17, 15) is 0 Å². The van der Waals surface area contributed by atoms with Crippen LogP contribution in [0.25, 0.3) is 93.9 Å². The number of para-hydroxylation sites is 3. The van der Waals surface area contributed by atoms with Gasteiger partial charge in [0.15, 0.2) is 5.84 Å². The second kappa shape index (κ2) is 15.1. The second-order valence-corrected chi connectivity index (χ2v) is 16.9. The lowest BCUT2D eigenvalue weighted by atomic mass is 9.92. The molecule has 0 fully saturated rings. The van der Waals surface area contributed by atoms with Crippen LogP contribution in [0.1, 0.15) is 17.3 Å². The Kier molecular flexibility index (Phi) is 8.61. The molecule has 1 unspecified atom stereocenters. The molecule has 5 nitrogen and oxygen atoms in total. The van der Waals surface area contributed by atoms with Gasteiger partial charge in [-0.25, -0.2) is 10.4 Å². The van der Waals surface area contributed by atoms with Crippen molar-refractivity contribution in [2.75, 3.05) is 0 Å². The minimum Gasteiger partial charge on any atom is -0.309 e. The molecule has 2 aliphatic heterocycles. The van der Waals surface area contributed by atoms with Crippen molar-refractivity contribution in [3.63, 3.8) is 0 Å². The van der Waals surface area contributed by atoms with E-state index >= 15 is 0 Å². The molecular weight excluding hydrogens is 791 g/mol. The summed E-state index contributed by atoms with van der Waals surface area (Å²) in [5.41, 5.74) is 21.1. The number of benzene rings is 9. The first-order chi connectivity index (χ1) is 32.2. The Bertz CT molecular complexity index is 3670. The topological polar surface area (TPSA) is 37.5 Å². The number of amidine groups is 1. The van der Waals surface area contributed by atoms with Crippen molar-refractivity contribution < 1.29 is 0 Å². The molecule has 5 heteroatoms. The Hall–Kier alpha value is -8.51. The average molecular weight is 832 g/mol. The summed E-state index contributed by atoms with van der Waals surface area (Å²) in [6.45, 7) is 0. The Balaban J connectivity index is 0.842. The number of nitrogens with one attached hydrogen (secondary N) is 1. The molecule has 4 heterocycles. The van der Waals surface area contributed by atoms with Crippen molar-refractivity contribution >= 4 is 55.0 Å². The molecule has 0 saturated heterocycles. The SMILES string of the molecule is C1=CN2NC(c3ccc(-n4c5ccccc5c5cc(-c6ccc7c(c6)c6ccccc6n7-c6ccccc6)ccc54)cc3)N=C2C(c2cc(-c3ccccc3)cc(-c3ccccc3)c2)=C1. The number of allylic oxidation sites excluding steroid dienone is 2. The molecular formula is C60H41N5. The van der Waals surface area contributed by atoms with Gasteiger partial charge in [0.25, 0.3) is 0 Å². The van der Waals surface area contributed by atoms with Crippen LogP contribution in [0, 0.1) is 0 Å². The van der Waals surface area contributed by atoms with Crippen LogP contribution in [-0.4, -0.2) is 20.0 Å². The van der Waals surface area contributed by atoms with E-state index in [0.29, 0.717) is 0 Å². The van der Waals surface area contributed by atoms with Crippen molar-refractivity contribution in [1.29, 1.82) is 0 Å². The lowest BCUT2D eigenvalue weighted by Crippen LogP contribution is -2.34. The maximum atomic E-state index is 5.33. The number of fused-ring (bicyclic) bond motifs is 7. The van der Waals surface area contributed by atoms with Gasteiger partial charge in [0.05, 0.1) is 22.1 Å². The molecule has 0 bridgehead atoms. The number of rotatable bonds is 7. The number of hydrazine groups is 1. The summed E-state index contributed by atoms with van der Waals surface area (Å²) in [7, 11) is 0. The maximum Gasteiger partial charge on any atom is 0.152 e. The largest absolute Gasteiger partial charge is 0.309 e. The van der Waals surface area contributed by atoms with Crippen LogP contribution in [-0.2, 0) is 0 Å². The third-order valence-corrected chi connectivity index (χ3v) is 13.1. The van der Waals surface area contributed by atoms with Crippen molar-refractivity contribution in [1.82, 2.24) is 19.6 Å². The van der Waals surface area contributed by atoms with Gasteiger partial charge < -0.3 is 9.13 Å². The van der Waals surface area contributed by atoms with Crippen LogP contribution in [0.5, 0.6) is 0 Å².